The van der Waals surface area contributed by atoms with Crippen LogP contribution in [0.1, 0.15) is 54.0 Å². The lowest BCUT2D eigenvalue weighted by atomic mass is 9.84. The molecule has 0 aromatic carbocycles. The van der Waals surface area contributed by atoms with Crippen molar-refractivity contribution in [3.63, 3.8) is 0 Å². The predicted octanol–water partition coefficient (Wildman–Crippen LogP) is 2.15. The topological polar surface area (TPSA) is 36.3 Å². The van der Waals surface area contributed by atoms with Gasteiger partial charge in [-0.3, -0.25) is 4.68 Å². The molecule has 2 heterocycles. The normalized spacial score (nSPS) is 27.2. The smallest absolute Gasteiger partial charge is 0.398 e. The summed E-state index contributed by atoms with van der Waals surface area (Å²) >= 11 is 0. The minimum atomic E-state index is -0.324. The van der Waals surface area contributed by atoms with Crippen LogP contribution in [-0.4, -0.2) is 28.1 Å². The molecule has 1 atom stereocenters. The van der Waals surface area contributed by atoms with E-state index in [9.17, 15) is 0 Å². The van der Waals surface area contributed by atoms with Gasteiger partial charge >= 0.3 is 7.12 Å². The van der Waals surface area contributed by atoms with Crippen molar-refractivity contribution in [1.29, 1.82) is 0 Å². The highest BCUT2D eigenvalue weighted by atomic mass is 16.7. The van der Waals surface area contributed by atoms with Crippen LogP contribution in [0.25, 0.3) is 0 Å². The van der Waals surface area contributed by atoms with Crippen molar-refractivity contribution in [3.05, 3.63) is 12.3 Å². The van der Waals surface area contributed by atoms with Crippen molar-refractivity contribution in [3.8, 4) is 0 Å². The first-order valence-corrected chi connectivity index (χ1v) is 6.70. The van der Waals surface area contributed by atoms with Crippen molar-refractivity contribution in [2.45, 2.75) is 65.2 Å². The van der Waals surface area contributed by atoms with Gasteiger partial charge in [-0.2, -0.15) is 5.10 Å². The molecule has 1 fully saturated rings. The summed E-state index contributed by atoms with van der Waals surface area (Å²) in [7, 11) is -0.324. The Morgan fingerprint density at radius 1 is 1.33 bits per heavy atom. The van der Waals surface area contributed by atoms with Gasteiger partial charge in [-0.25, -0.2) is 0 Å². The average molecular weight is 250 g/mol. The fourth-order valence-electron chi connectivity index (χ4n) is 2.37. The first kappa shape index (κ1) is 13.6. The molecule has 1 saturated heterocycles. The number of aromatic nitrogens is 2. The van der Waals surface area contributed by atoms with Crippen LogP contribution in [0.15, 0.2) is 12.3 Å². The quantitative estimate of drug-likeness (QED) is 0.771. The Morgan fingerprint density at radius 2 is 2.00 bits per heavy atom. The molecule has 1 aliphatic heterocycles. The molecule has 0 radical (unpaired) electrons. The summed E-state index contributed by atoms with van der Waals surface area (Å²) in [6.07, 6.45) is 2.73. The molecule has 4 nitrogen and oxygen atoms in total. The number of hydrogen-bond acceptors (Lipinski definition) is 3. The predicted molar refractivity (Wildman–Crippen MR) is 72.9 cm³/mol. The van der Waals surface area contributed by atoms with E-state index >= 15 is 0 Å². The Hall–Kier alpha value is -0.805. The third-order valence-electron chi connectivity index (χ3n) is 4.15. The van der Waals surface area contributed by atoms with Crippen LogP contribution in [0.2, 0.25) is 0 Å². The first-order chi connectivity index (χ1) is 8.31. The standard InChI is InChI=1S/C13H23BN2O2/c1-7-13(6)12(4,5)17-14(18-13)11-8-9-15-16(11)10(2)3/h8-10H,7H2,1-6H3. The molecule has 0 bridgehead atoms. The molecule has 100 valence electrons. The zero-order valence-corrected chi connectivity index (χ0v) is 12.2. The SMILES string of the molecule is CCC1(C)OB(c2ccnn2C(C)C)OC1(C)C. The Kier molecular flexibility index (Phi) is 3.32. The Bertz CT molecular complexity index is 430. The fraction of sp³-hybridized carbons (Fsp3) is 0.769. The van der Waals surface area contributed by atoms with Crippen LogP contribution >= 0.6 is 0 Å². The second kappa shape index (κ2) is 4.39. The fourth-order valence-corrected chi connectivity index (χ4v) is 2.37. The minimum absolute atomic E-state index is 0.260. The minimum Gasteiger partial charge on any atom is -0.398 e. The van der Waals surface area contributed by atoms with Gasteiger partial charge in [0.15, 0.2) is 0 Å². The zero-order chi connectivity index (χ0) is 13.6. The van der Waals surface area contributed by atoms with Crippen LogP contribution in [-0.2, 0) is 9.31 Å². The van der Waals surface area contributed by atoms with E-state index in [1.54, 1.807) is 6.20 Å². The summed E-state index contributed by atoms with van der Waals surface area (Å²) < 4.78 is 14.2. The lowest BCUT2D eigenvalue weighted by Crippen LogP contribution is -2.44. The second-order valence-electron chi connectivity index (χ2n) is 5.96. The summed E-state index contributed by atoms with van der Waals surface area (Å²) in [6, 6.07) is 2.28. The van der Waals surface area contributed by atoms with Gasteiger partial charge in [-0.05, 0) is 47.1 Å². The number of rotatable bonds is 3. The summed E-state index contributed by atoms with van der Waals surface area (Å²) in [5, 5.41) is 4.34. The van der Waals surface area contributed by atoms with Crippen LogP contribution < -0.4 is 5.59 Å². The van der Waals surface area contributed by atoms with E-state index in [-0.39, 0.29) is 18.3 Å². The third kappa shape index (κ3) is 1.99. The van der Waals surface area contributed by atoms with E-state index < -0.39 is 0 Å². The van der Waals surface area contributed by atoms with E-state index in [0.29, 0.717) is 6.04 Å². The van der Waals surface area contributed by atoms with Gasteiger partial charge in [0, 0.05) is 12.2 Å². The van der Waals surface area contributed by atoms with Crippen LogP contribution in [0.4, 0.5) is 0 Å². The average Bonchev–Trinajstić information content (AvgIpc) is 2.83. The van der Waals surface area contributed by atoms with Gasteiger partial charge in [-0.15, -0.1) is 0 Å². The maximum absolute atomic E-state index is 6.17. The molecule has 1 aromatic rings. The highest BCUT2D eigenvalue weighted by Crippen LogP contribution is 2.39. The van der Waals surface area contributed by atoms with Gasteiger partial charge in [0.25, 0.3) is 0 Å². The van der Waals surface area contributed by atoms with Gasteiger partial charge in [0.1, 0.15) is 0 Å². The van der Waals surface area contributed by atoms with Crippen molar-refractivity contribution in [2.24, 2.45) is 0 Å². The first-order valence-electron chi connectivity index (χ1n) is 6.70. The second-order valence-corrected chi connectivity index (χ2v) is 5.96. The molecule has 1 aliphatic rings. The molecule has 0 aliphatic carbocycles. The van der Waals surface area contributed by atoms with Crippen molar-refractivity contribution in [2.75, 3.05) is 0 Å². The van der Waals surface area contributed by atoms with Gasteiger partial charge in [0.05, 0.1) is 16.8 Å². The zero-order valence-electron chi connectivity index (χ0n) is 12.2. The largest absolute Gasteiger partial charge is 0.514 e. The van der Waals surface area contributed by atoms with Gasteiger partial charge in [-0.1, -0.05) is 6.92 Å². The summed E-state index contributed by atoms with van der Waals surface area (Å²) in [6.45, 7) is 12.6. The molecule has 0 amide bonds. The van der Waals surface area contributed by atoms with Crippen molar-refractivity contribution >= 4 is 12.7 Å². The molecule has 1 aromatic heterocycles. The highest BCUT2D eigenvalue weighted by Gasteiger charge is 2.54. The molecule has 0 N–H and O–H groups in total. The molecule has 0 saturated carbocycles. The molecular formula is C13H23BN2O2. The van der Waals surface area contributed by atoms with E-state index in [0.717, 1.165) is 12.0 Å². The van der Waals surface area contributed by atoms with Gasteiger partial charge < -0.3 is 9.31 Å². The molecule has 0 spiro atoms. The highest BCUT2D eigenvalue weighted by molar-refractivity contribution is 6.61. The van der Waals surface area contributed by atoms with Crippen LogP contribution in [0.3, 0.4) is 0 Å². The van der Waals surface area contributed by atoms with Gasteiger partial charge in [0.2, 0.25) is 0 Å². The lowest BCUT2D eigenvalue weighted by molar-refractivity contribution is -0.0118. The maximum atomic E-state index is 6.17. The van der Waals surface area contributed by atoms with Crippen molar-refractivity contribution in [1.82, 2.24) is 9.78 Å². The van der Waals surface area contributed by atoms with Crippen LogP contribution in [0.5, 0.6) is 0 Å². The summed E-state index contributed by atoms with van der Waals surface area (Å²) in [4.78, 5) is 0. The lowest BCUT2D eigenvalue weighted by Gasteiger charge is -2.35. The van der Waals surface area contributed by atoms with E-state index in [1.807, 2.05) is 10.7 Å². The maximum Gasteiger partial charge on any atom is 0.514 e. The molecule has 1 unspecified atom stereocenters. The summed E-state index contributed by atoms with van der Waals surface area (Å²) in [5.74, 6) is 0. The van der Waals surface area contributed by atoms with E-state index in [2.05, 4.69) is 46.6 Å². The Balaban J connectivity index is 2.30. The van der Waals surface area contributed by atoms with E-state index in [4.69, 9.17) is 9.31 Å². The van der Waals surface area contributed by atoms with Crippen molar-refractivity contribution < 1.29 is 9.31 Å². The molecule has 2 rings (SSSR count). The Labute approximate surface area is 110 Å². The number of hydrogen-bond donors (Lipinski definition) is 0. The van der Waals surface area contributed by atoms with Crippen LogP contribution in [0, 0.1) is 0 Å². The molecular weight excluding hydrogens is 227 g/mol. The molecule has 5 heteroatoms. The molecule has 18 heavy (non-hydrogen) atoms. The monoisotopic (exact) mass is 250 g/mol. The summed E-state index contributed by atoms with van der Waals surface area (Å²) in [5.41, 5.74) is 0.442. The Morgan fingerprint density at radius 3 is 2.50 bits per heavy atom. The number of nitrogens with zero attached hydrogens (tertiary/aromatic N) is 2. The third-order valence-corrected chi connectivity index (χ3v) is 4.15. The van der Waals surface area contributed by atoms with E-state index in [1.165, 1.54) is 0 Å².